The van der Waals surface area contributed by atoms with Gasteiger partial charge in [0, 0.05) is 12.1 Å². The predicted molar refractivity (Wildman–Crippen MR) is 57.4 cm³/mol. The average molecular weight is 220 g/mol. The van der Waals surface area contributed by atoms with Crippen molar-refractivity contribution in [2.75, 3.05) is 5.73 Å². The molecule has 84 valence electrons. The van der Waals surface area contributed by atoms with Gasteiger partial charge in [0.15, 0.2) is 6.10 Å². The van der Waals surface area contributed by atoms with Crippen LogP contribution in [0.25, 0.3) is 0 Å². The standard InChI is InChI=1S/C11H12N2O3/c12-5-1-2-7-6-8(13)3-4-9(7)10(14)11(15)16/h3-4,6,10,14H,1-2,13H2,(H,15,16). The summed E-state index contributed by atoms with van der Waals surface area (Å²) in [7, 11) is 0. The molecule has 1 atom stereocenters. The summed E-state index contributed by atoms with van der Waals surface area (Å²) in [6.45, 7) is 0. The molecule has 0 aliphatic rings. The summed E-state index contributed by atoms with van der Waals surface area (Å²) < 4.78 is 0. The van der Waals surface area contributed by atoms with E-state index in [1.54, 1.807) is 6.07 Å². The van der Waals surface area contributed by atoms with Crippen LogP contribution < -0.4 is 5.73 Å². The Morgan fingerprint density at radius 1 is 1.56 bits per heavy atom. The van der Waals surface area contributed by atoms with Crippen LogP contribution in [-0.2, 0) is 11.2 Å². The number of nitrogen functional groups attached to an aromatic ring is 1. The van der Waals surface area contributed by atoms with E-state index in [1.807, 2.05) is 6.07 Å². The van der Waals surface area contributed by atoms with Gasteiger partial charge in [0.25, 0.3) is 0 Å². The van der Waals surface area contributed by atoms with Crippen molar-refractivity contribution in [1.82, 2.24) is 0 Å². The number of carbonyl (C=O) groups is 1. The first-order valence-electron chi connectivity index (χ1n) is 4.72. The molecular formula is C11H12N2O3. The Morgan fingerprint density at radius 3 is 2.81 bits per heavy atom. The fourth-order valence-electron chi connectivity index (χ4n) is 1.43. The van der Waals surface area contributed by atoms with Crippen molar-refractivity contribution >= 4 is 11.7 Å². The third-order valence-electron chi connectivity index (χ3n) is 2.20. The fourth-order valence-corrected chi connectivity index (χ4v) is 1.43. The molecule has 16 heavy (non-hydrogen) atoms. The minimum atomic E-state index is -1.57. The van der Waals surface area contributed by atoms with Crippen LogP contribution in [0.2, 0.25) is 0 Å². The number of hydrogen-bond donors (Lipinski definition) is 3. The van der Waals surface area contributed by atoms with E-state index in [1.165, 1.54) is 12.1 Å². The van der Waals surface area contributed by atoms with Gasteiger partial charge in [-0.25, -0.2) is 4.79 Å². The Morgan fingerprint density at radius 2 is 2.25 bits per heavy atom. The van der Waals surface area contributed by atoms with Gasteiger partial charge in [-0.2, -0.15) is 5.26 Å². The first kappa shape index (κ1) is 12.0. The van der Waals surface area contributed by atoms with Crippen LogP contribution in [0.1, 0.15) is 23.7 Å². The summed E-state index contributed by atoms with van der Waals surface area (Å²) in [5, 5.41) is 26.6. The third kappa shape index (κ3) is 2.72. The van der Waals surface area contributed by atoms with E-state index >= 15 is 0 Å². The van der Waals surface area contributed by atoms with E-state index in [0.717, 1.165) is 0 Å². The Bertz CT molecular complexity index is 437. The number of rotatable bonds is 4. The zero-order chi connectivity index (χ0) is 12.1. The number of aliphatic carboxylic acids is 1. The van der Waals surface area contributed by atoms with Crippen molar-refractivity contribution in [2.45, 2.75) is 18.9 Å². The van der Waals surface area contributed by atoms with Crippen LogP contribution in [-0.4, -0.2) is 16.2 Å². The predicted octanol–water partition coefficient (Wildman–Crippen LogP) is 0.843. The number of hydrogen-bond acceptors (Lipinski definition) is 4. The van der Waals surface area contributed by atoms with Crippen molar-refractivity contribution in [3.8, 4) is 6.07 Å². The minimum absolute atomic E-state index is 0.253. The number of anilines is 1. The van der Waals surface area contributed by atoms with E-state index in [9.17, 15) is 9.90 Å². The van der Waals surface area contributed by atoms with E-state index in [2.05, 4.69) is 0 Å². The van der Waals surface area contributed by atoms with Crippen LogP contribution in [0.5, 0.6) is 0 Å². The molecule has 1 unspecified atom stereocenters. The molecule has 0 aromatic heterocycles. The van der Waals surface area contributed by atoms with Gasteiger partial charge in [0.05, 0.1) is 6.07 Å². The molecule has 5 heteroatoms. The van der Waals surface area contributed by atoms with E-state index in [-0.39, 0.29) is 12.0 Å². The molecule has 0 aliphatic carbocycles. The monoisotopic (exact) mass is 220 g/mol. The molecule has 0 fully saturated rings. The molecule has 0 saturated heterocycles. The lowest BCUT2D eigenvalue weighted by Gasteiger charge is -2.12. The molecule has 1 aromatic rings. The minimum Gasteiger partial charge on any atom is -0.479 e. The van der Waals surface area contributed by atoms with Crippen molar-refractivity contribution in [3.05, 3.63) is 29.3 Å². The smallest absolute Gasteiger partial charge is 0.337 e. The summed E-state index contributed by atoms with van der Waals surface area (Å²) in [6.07, 6.45) is -0.946. The van der Waals surface area contributed by atoms with E-state index < -0.39 is 12.1 Å². The zero-order valence-electron chi connectivity index (χ0n) is 8.55. The first-order valence-corrected chi connectivity index (χ1v) is 4.72. The normalized spacial score (nSPS) is 11.8. The highest BCUT2D eigenvalue weighted by molar-refractivity contribution is 5.75. The molecule has 4 N–H and O–H groups in total. The molecule has 0 bridgehead atoms. The summed E-state index contributed by atoms with van der Waals surface area (Å²) in [5.41, 5.74) is 6.93. The van der Waals surface area contributed by atoms with Crippen LogP contribution in [0, 0.1) is 11.3 Å². The van der Waals surface area contributed by atoms with Gasteiger partial charge >= 0.3 is 5.97 Å². The van der Waals surface area contributed by atoms with Crippen LogP contribution in [0.3, 0.4) is 0 Å². The van der Waals surface area contributed by atoms with Crippen molar-refractivity contribution in [1.29, 1.82) is 5.26 Å². The number of benzene rings is 1. The molecule has 1 rings (SSSR count). The molecule has 0 spiro atoms. The van der Waals surface area contributed by atoms with Crippen LogP contribution in [0.4, 0.5) is 5.69 Å². The van der Waals surface area contributed by atoms with Gasteiger partial charge in [-0.15, -0.1) is 0 Å². The molecule has 0 aliphatic heterocycles. The number of nitrogens with zero attached hydrogens (tertiary/aromatic N) is 1. The zero-order valence-corrected chi connectivity index (χ0v) is 8.55. The number of nitriles is 1. The summed E-state index contributed by atoms with van der Waals surface area (Å²) >= 11 is 0. The maximum atomic E-state index is 10.7. The quantitative estimate of drug-likeness (QED) is 0.652. The molecule has 0 saturated carbocycles. The van der Waals surface area contributed by atoms with Gasteiger partial charge < -0.3 is 15.9 Å². The van der Waals surface area contributed by atoms with Crippen molar-refractivity contribution in [3.63, 3.8) is 0 Å². The Kier molecular flexibility index (Phi) is 3.86. The van der Waals surface area contributed by atoms with Crippen LogP contribution >= 0.6 is 0 Å². The van der Waals surface area contributed by atoms with Crippen molar-refractivity contribution < 1.29 is 15.0 Å². The lowest BCUT2D eigenvalue weighted by molar-refractivity contribution is -0.147. The van der Waals surface area contributed by atoms with E-state index in [4.69, 9.17) is 16.1 Å². The molecule has 0 heterocycles. The maximum Gasteiger partial charge on any atom is 0.337 e. The van der Waals surface area contributed by atoms with Crippen LogP contribution in [0.15, 0.2) is 18.2 Å². The number of carboxylic acid groups (broad SMARTS) is 1. The lowest BCUT2D eigenvalue weighted by atomic mass is 9.98. The topological polar surface area (TPSA) is 107 Å². The number of aliphatic hydroxyl groups is 1. The molecule has 0 amide bonds. The average Bonchev–Trinajstić information content (AvgIpc) is 2.25. The number of carboxylic acids is 1. The second kappa shape index (κ2) is 5.14. The summed E-state index contributed by atoms with van der Waals surface area (Å²) in [5.74, 6) is -1.32. The van der Waals surface area contributed by atoms with E-state index in [0.29, 0.717) is 17.7 Å². The Balaban J connectivity index is 3.07. The van der Waals surface area contributed by atoms with Gasteiger partial charge in [-0.3, -0.25) is 0 Å². The molecule has 0 radical (unpaired) electrons. The van der Waals surface area contributed by atoms with Gasteiger partial charge in [0.2, 0.25) is 0 Å². The second-order valence-corrected chi connectivity index (χ2v) is 3.36. The Labute approximate surface area is 92.7 Å². The summed E-state index contributed by atoms with van der Waals surface area (Å²) in [6, 6.07) is 6.54. The van der Waals surface area contributed by atoms with Gasteiger partial charge in [-0.05, 0) is 29.7 Å². The Hall–Kier alpha value is -2.06. The molecular weight excluding hydrogens is 208 g/mol. The number of aryl methyl sites for hydroxylation is 1. The summed E-state index contributed by atoms with van der Waals surface area (Å²) in [4.78, 5) is 10.7. The first-order chi connectivity index (χ1) is 7.56. The van der Waals surface area contributed by atoms with Crippen molar-refractivity contribution in [2.24, 2.45) is 0 Å². The third-order valence-corrected chi connectivity index (χ3v) is 2.20. The molecule has 5 nitrogen and oxygen atoms in total. The largest absolute Gasteiger partial charge is 0.479 e. The second-order valence-electron chi connectivity index (χ2n) is 3.36. The molecule has 1 aromatic carbocycles. The highest BCUT2D eigenvalue weighted by atomic mass is 16.4. The van der Waals surface area contributed by atoms with Gasteiger partial charge in [-0.1, -0.05) is 6.07 Å². The number of aliphatic hydroxyl groups excluding tert-OH is 1. The van der Waals surface area contributed by atoms with Gasteiger partial charge in [0.1, 0.15) is 0 Å². The fraction of sp³-hybridized carbons (Fsp3) is 0.273. The lowest BCUT2D eigenvalue weighted by Crippen LogP contribution is -2.13. The maximum absolute atomic E-state index is 10.7. The number of nitrogens with two attached hydrogens (primary N) is 1. The highest BCUT2D eigenvalue weighted by Gasteiger charge is 2.19. The highest BCUT2D eigenvalue weighted by Crippen LogP contribution is 2.22. The SMILES string of the molecule is N#CCCc1cc(N)ccc1C(O)C(=O)O.